The van der Waals surface area contributed by atoms with Crippen molar-refractivity contribution in [2.45, 2.75) is 13.8 Å². The number of fused-ring (bicyclic) bond motifs is 1. The smallest absolute Gasteiger partial charge is 0.137 e. The molecule has 0 atom stereocenters. The molecule has 0 amide bonds. The van der Waals surface area contributed by atoms with E-state index in [0.29, 0.717) is 5.76 Å². The fraction of sp³-hybridized carbons (Fsp3) is 0.143. The first kappa shape index (κ1) is 10.6. The van der Waals surface area contributed by atoms with E-state index in [1.165, 1.54) is 0 Å². The van der Waals surface area contributed by atoms with Gasteiger partial charge in [0.05, 0.1) is 0 Å². The van der Waals surface area contributed by atoms with E-state index < -0.39 is 0 Å². The number of ether oxygens (including phenoxy) is 1. The van der Waals surface area contributed by atoms with Gasteiger partial charge in [0.2, 0.25) is 0 Å². The number of rotatable bonds is 3. The molecule has 2 heteroatoms. The van der Waals surface area contributed by atoms with Crippen molar-refractivity contribution in [3.8, 4) is 5.75 Å². The van der Waals surface area contributed by atoms with Crippen LogP contribution >= 0.6 is 0 Å². The van der Waals surface area contributed by atoms with E-state index in [1.54, 1.807) is 6.08 Å². The van der Waals surface area contributed by atoms with Gasteiger partial charge < -0.3 is 9.15 Å². The average Bonchev–Trinajstić information content (AvgIpc) is 2.58. The molecule has 0 N–H and O–H groups in total. The van der Waals surface area contributed by atoms with Crippen LogP contribution in [-0.2, 0) is 0 Å². The van der Waals surface area contributed by atoms with Crippen LogP contribution in [0.25, 0.3) is 11.0 Å². The number of allylic oxidation sites excluding steroid dienone is 1. The molecule has 16 heavy (non-hydrogen) atoms. The minimum absolute atomic E-state index is 0.533. The first-order valence-electron chi connectivity index (χ1n) is 5.10. The van der Waals surface area contributed by atoms with Gasteiger partial charge in [0.15, 0.2) is 0 Å². The third kappa shape index (κ3) is 1.87. The molecule has 1 aromatic heterocycles. The van der Waals surface area contributed by atoms with Gasteiger partial charge in [0.25, 0.3) is 0 Å². The highest BCUT2D eigenvalue weighted by Gasteiger charge is 2.07. The Kier molecular flexibility index (Phi) is 2.57. The molecule has 0 aliphatic rings. The number of hydrogen-bond donors (Lipinski definition) is 0. The Hall–Kier alpha value is -1.96. The Bertz CT molecular complexity index is 561. The lowest BCUT2D eigenvalue weighted by Gasteiger charge is -2.07. The second kappa shape index (κ2) is 3.89. The van der Waals surface area contributed by atoms with Crippen LogP contribution in [-0.4, -0.2) is 0 Å². The third-order valence-corrected chi connectivity index (χ3v) is 2.41. The quantitative estimate of drug-likeness (QED) is 0.566. The maximum Gasteiger partial charge on any atom is 0.137 e. The van der Waals surface area contributed by atoms with E-state index >= 15 is 0 Å². The van der Waals surface area contributed by atoms with E-state index in [0.717, 1.165) is 28.0 Å². The van der Waals surface area contributed by atoms with Crippen LogP contribution in [0.1, 0.15) is 11.3 Å². The molecule has 0 fully saturated rings. The van der Waals surface area contributed by atoms with Crippen LogP contribution < -0.4 is 4.74 Å². The van der Waals surface area contributed by atoms with Crippen molar-refractivity contribution in [1.29, 1.82) is 0 Å². The van der Waals surface area contributed by atoms with Crippen LogP contribution in [0.2, 0.25) is 0 Å². The van der Waals surface area contributed by atoms with Crippen molar-refractivity contribution in [1.82, 2.24) is 0 Å². The molecular weight excluding hydrogens is 200 g/mol. The topological polar surface area (TPSA) is 22.4 Å². The lowest BCUT2D eigenvalue weighted by Crippen LogP contribution is -1.91. The second-order valence-corrected chi connectivity index (χ2v) is 3.79. The molecular formula is C14H14O2. The maximum atomic E-state index is 5.54. The van der Waals surface area contributed by atoms with Gasteiger partial charge >= 0.3 is 0 Å². The summed E-state index contributed by atoms with van der Waals surface area (Å²) in [5.41, 5.74) is 1.88. The predicted molar refractivity (Wildman–Crippen MR) is 65.7 cm³/mol. The summed E-state index contributed by atoms with van der Waals surface area (Å²) in [4.78, 5) is 0. The highest BCUT2D eigenvalue weighted by Crippen LogP contribution is 2.28. The van der Waals surface area contributed by atoms with Crippen LogP contribution in [0.3, 0.4) is 0 Å². The van der Waals surface area contributed by atoms with Gasteiger partial charge in [-0.15, -0.1) is 0 Å². The number of furan rings is 1. The number of benzene rings is 1. The first-order chi connectivity index (χ1) is 7.60. The van der Waals surface area contributed by atoms with Crippen molar-refractivity contribution < 1.29 is 9.15 Å². The molecule has 0 aliphatic heterocycles. The summed E-state index contributed by atoms with van der Waals surface area (Å²) in [6, 6.07) is 5.93. The first-order valence-corrected chi connectivity index (χ1v) is 5.10. The van der Waals surface area contributed by atoms with Gasteiger partial charge in [0, 0.05) is 11.5 Å². The molecule has 0 saturated heterocycles. The van der Waals surface area contributed by atoms with E-state index in [1.807, 2.05) is 32.0 Å². The van der Waals surface area contributed by atoms with Crippen LogP contribution in [0.5, 0.6) is 5.75 Å². The second-order valence-electron chi connectivity index (χ2n) is 3.79. The normalized spacial score (nSPS) is 10.4. The highest BCUT2D eigenvalue weighted by atomic mass is 16.5. The molecule has 82 valence electrons. The van der Waals surface area contributed by atoms with E-state index in [9.17, 15) is 0 Å². The number of aryl methyl sites for hydroxylation is 2. The summed E-state index contributed by atoms with van der Waals surface area (Å²) in [6.45, 7) is 11.3. The van der Waals surface area contributed by atoms with Gasteiger partial charge in [-0.3, -0.25) is 0 Å². The summed E-state index contributed by atoms with van der Waals surface area (Å²) in [5, 5.41) is 1.09. The highest BCUT2D eigenvalue weighted by molar-refractivity contribution is 5.80. The molecule has 0 bridgehead atoms. The summed E-state index contributed by atoms with van der Waals surface area (Å²) in [7, 11) is 0. The lowest BCUT2D eigenvalue weighted by molar-refractivity contribution is 0.443. The zero-order valence-corrected chi connectivity index (χ0v) is 9.54. The zero-order chi connectivity index (χ0) is 11.7. The largest absolute Gasteiger partial charge is 0.461 e. The van der Waals surface area contributed by atoms with Crippen LogP contribution in [0.15, 0.2) is 47.6 Å². The summed E-state index contributed by atoms with van der Waals surface area (Å²) in [6.07, 6.45) is 1.58. The zero-order valence-electron chi connectivity index (χ0n) is 9.54. The van der Waals surface area contributed by atoms with Crippen molar-refractivity contribution in [2.24, 2.45) is 0 Å². The van der Waals surface area contributed by atoms with Gasteiger partial charge in [0.1, 0.15) is 22.9 Å². The monoisotopic (exact) mass is 214 g/mol. The Morgan fingerprint density at radius 2 is 2.06 bits per heavy atom. The Morgan fingerprint density at radius 3 is 2.75 bits per heavy atom. The lowest BCUT2D eigenvalue weighted by atomic mass is 10.1. The van der Waals surface area contributed by atoms with Crippen molar-refractivity contribution in [2.75, 3.05) is 0 Å². The molecule has 0 saturated carbocycles. The van der Waals surface area contributed by atoms with Gasteiger partial charge in [-0.05, 0) is 37.6 Å². The van der Waals surface area contributed by atoms with Crippen LogP contribution in [0, 0.1) is 13.8 Å². The van der Waals surface area contributed by atoms with E-state index in [2.05, 4.69) is 13.2 Å². The third-order valence-electron chi connectivity index (χ3n) is 2.41. The van der Waals surface area contributed by atoms with Gasteiger partial charge in [-0.25, -0.2) is 0 Å². The van der Waals surface area contributed by atoms with Gasteiger partial charge in [-0.1, -0.05) is 13.2 Å². The molecule has 2 nitrogen and oxygen atoms in total. The average molecular weight is 214 g/mol. The molecule has 0 radical (unpaired) electrons. The minimum Gasteiger partial charge on any atom is -0.461 e. The Morgan fingerprint density at radius 1 is 1.31 bits per heavy atom. The van der Waals surface area contributed by atoms with Crippen molar-refractivity contribution in [3.05, 3.63) is 54.5 Å². The molecule has 1 heterocycles. The maximum absolute atomic E-state index is 5.54. The fourth-order valence-electron chi connectivity index (χ4n) is 1.61. The molecule has 2 aromatic rings. The number of hydrogen-bond acceptors (Lipinski definition) is 2. The molecule has 2 rings (SSSR count). The Balaban J connectivity index is 2.48. The SMILES string of the molecule is C=CC(=C)Oc1cc2oc(C)cc2cc1C. The van der Waals surface area contributed by atoms with Crippen molar-refractivity contribution in [3.63, 3.8) is 0 Å². The van der Waals surface area contributed by atoms with E-state index in [-0.39, 0.29) is 0 Å². The van der Waals surface area contributed by atoms with Gasteiger partial charge in [-0.2, -0.15) is 0 Å². The Labute approximate surface area is 94.8 Å². The van der Waals surface area contributed by atoms with E-state index in [4.69, 9.17) is 9.15 Å². The van der Waals surface area contributed by atoms with Crippen molar-refractivity contribution >= 4 is 11.0 Å². The summed E-state index contributed by atoms with van der Waals surface area (Å²) in [5.74, 6) is 2.19. The van der Waals surface area contributed by atoms with Crippen LogP contribution in [0.4, 0.5) is 0 Å². The summed E-state index contributed by atoms with van der Waals surface area (Å²) >= 11 is 0. The predicted octanol–water partition coefficient (Wildman–Crippen LogP) is 4.13. The molecule has 1 aromatic carbocycles. The standard InChI is InChI=1S/C14H14O2/c1-5-10(3)15-13-8-14-12(6-9(13)2)7-11(4)16-14/h5-8H,1,3H2,2,4H3. The summed E-state index contributed by atoms with van der Waals surface area (Å²) < 4.78 is 11.1. The minimum atomic E-state index is 0.533. The molecule has 0 unspecified atom stereocenters. The fourth-order valence-corrected chi connectivity index (χ4v) is 1.61. The molecule has 0 aliphatic carbocycles. The molecule has 0 spiro atoms.